The largest absolute Gasteiger partial charge is 0.370 e. The predicted molar refractivity (Wildman–Crippen MR) is 76.0 cm³/mol. The summed E-state index contributed by atoms with van der Waals surface area (Å²) < 4.78 is 4.13. The third-order valence-electron chi connectivity index (χ3n) is 3.80. The minimum absolute atomic E-state index is 0.210. The summed E-state index contributed by atoms with van der Waals surface area (Å²) in [5, 5.41) is 8.20. The molecule has 0 bridgehead atoms. The zero-order valence-electron chi connectivity index (χ0n) is 12.0. The van der Waals surface area contributed by atoms with E-state index in [4.69, 9.17) is 5.10 Å². The highest BCUT2D eigenvalue weighted by molar-refractivity contribution is 5.57. The van der Waals surface area contributed by atoms with Gasteiger partial charge in [-0.1, -0.05) is 20.8 Å². The number of aryl methyl sites for hydroxylation is 1. The van der Waals surface area contributed by atoms with Gasteiger partial charge in [0.2, 0.25) is 0 Å². The Labute approximate surface area is 113 Å². The minimum atomic E-state index is 0.210. The average Bonchev–Trinajstić information content (AvgIpc) is 2.91. The van der Waals surface area contributed by atoms with Crippen molar-refractivity contribution >= 4 is 5.82 Å². The SMILES string of the molecule is Cn1ccnc1-c1cc2n(n1)C(C(C)(C)C)CCN2. The van der Waals surface area contributed by atoms with E-state index in [1.54, 1.807) is 0 Å². The summed E-state index contributed by atoms with van der Waals surface area (Å²) in [7, 11) is 2.00. The highest BCUT2D eigenvalue weighted by atomic mass is 15.4. The fourth-order valence-corrected chi connectivity index (χ4v) is 2.74. The van der Waals surface area contributed by atoms with Gasteiger partial charge in [0.1, 0.15) is 11.5 Å². The van der Waals surface area contributed by atoms with Crippen molar-refractivity contribution in [3.63, 3.8) is 0 Å². The van der Waals surface area contributed by atoms with Gasteiger partial charge in [0.25, 0.3) is 0 Å². The van der Waals surface area contributed by atoms with Crippen LogP contribution < -0.4 is 5.32 Å². The summed E-state index contributed by atoms with van der Waals surface area (Å²) in [6, 6.07) is 2.53. The molecule has 1 unspecified atom stereocenters. The molecule has 1 atom stereocenters. The van der Waals surface area contributed by atoms with E-state index in [0.717, 1.165) is 30.3 Å². The van der Waals surface area contributed by atoms with Gasteiger partial charge in [-0.05, 0) is 11.8 Å². The van der Waals surface area contributed by atoms with Crippen molar-refractivity contribution in [2.45, 2.75) is 33.2 Å². The summed E-state index contributed by atoms with van der Waals surface area (Å²) in [5.74, 6) is 2.01. The Morgan fingerprint density at radius 1 is 1.37 bits per heavy atom. The summed E-state index contributed by atoms with van der Waals surface area (Å²) in [6.07, 6.45) is 4.86. The molecule has 2 aromatic heterocycles. The Balaban J connectivity index is 2.05. The van der Waals surface area contributed by atoms with Crippen LogP contribution in [0.2, 0.25) is 0 Å². The van der Waals surface area contributed by atoms with Crippen LogP contribution in [0.3, 0.4) is 0 Å². The molecule has 1 aliphatic heterocycles. The first-order chi connectivity index (χ1) is 8.97. The van der Waals surface area contributed by atoms with Crippen molar-refractivity contribution in [3.8, 4) is 11.5 Å². The number of fused-ring (bicyclic) bond motifs is 1. The van der Waals surface area contributed by atoms with E-state index in [0.29, 0.717) is 6.04 Å². The Morgan fingerprint density at radius 2 is 2.16 bits per heavy atom. The van der Waals surface area contributed by atoms with Gasteiger partial charge in [-0.3, -0.25) is 0 Å². The Hall–Kier alpha value is -1.78. The normalized spacial score (nSPS) is 19.1. The van der Waals surface area contributed by atoms with Gasteiger partial charge in [0.05, 0.1) is 6.04 Å². The van der Waals surface area contributed by atoms with Crippen molar-refractivity contribution in [1.82, 2.24) is 19.3 Å². The summed E-state index contributed by atoms with van der Waals surface area (Å²) >= 11 is 0. The lowest BCUT2D eigenvalue weighted by molar-refractivity contribution is 0.210. The fourth-order valence-electron chi connectivity index (χ4n) is 2.74. The number of nitrogens with zero attached hydrogens (tertiary/aromatic N) is 4. The Bertz CT molecular complexity index is 587. The van der Waals surface area contributed by atoms with E-state index in [9.17, 15) is 0 Å². The second-order valence-corrected chi connectivity index (χ2v) is 6.32. The number of hydrogen-bond acceptors (Lipinski definition) is 3. The molecule has 0 amide bonds. The van der Waals surface area contributed by atoms with Crippen LogP contribution in [0.15, 0.2) is 18.5 Å². The van der Waals surface area contributed by atoms with Crippen molar-refractivity contribution in [2.24, 2.45) is 12.5 Å². The molecule has 0 saturated carbocycles. The fraction of sp³-hybridized carbons (Fsp3) is 0.571. The van der Waals surface area contributed by atoms with Gasteiger partial charge in [-0.15, -0.1) is 0 Å². The van der Waals surface area contributed by atoms with E-state index in [2.05, 4.69) is 41.8 Å². The molecule has 1 N–H and O–H groups in total. The molecule has 3 heterocycles. The second-order valence-electron chi connectivity index (χ2n) is 6.32. The van der Waals surface area contributed by atoms with Crippen molar-refractivity contribution in [1.29, 1.82) is 0 Å². The molecule has 0 radical (unpaired) electrons. The Kier molecular flexibility index (Phi) is 2.66. The maximum atomic E-state index is 4.77. The first-order valence-corrected chi connectivity index (χ1v) is 6.78. The molecule has 0 aromatic carbocycles. The van der Waals surface area contributed by atoms with Crippen molar-refractivity contribution < 1.29 is 0 Å². The molecule has 102 valence electrons. The van der Waals surface area contributed by atoms with Crippen LogP contribution in [0.5, 0.6) is 0 Å². The van der Waals surface area contributed by atoms with Crippen LogP contribution >= 0.6 is 0 Å². The lowest BCUT2D eigenvalue weighted by Crippen LogP contribution is -2.32. The van der Waals surface area contributed by atoms with Crippen LogP contribution in [-0.2, 0) is 7.05 Å². The molecule has 0 spiro atoms. The third-order valence-corrected chi connectivity index (χ3v) is 3.80. The molecule has 0 fully saturated rings. The highest BCUT2D eigenvalue weighted by Gasteiger charge is 2.31. The number of rotatable bonds is 1. The van der Waals surface area contributed by atoms with E-state index in [-0.39, 0.29) is 5.41 Å². The minimum Gasteiger partial charge on any atom is -0.370 e. The standard InChI is InChI=1S/C14H21N5/c1-14(2,3)11-5-6-15-12-9-10(17-19(11)12)13-16-7-8-18(13)4/h7-9,11,15H,5-6H2,1-4H3. The number of hydrogen-bond donors (Lipinski definition) is 1. The molecule has 1 aliphatic rings. The number of anilines is 1. The number of aromatic nitrogens is 4. The molecular formula is C14H21N5. The quantitative estimate of drug-likeness (QED) is 0.856. The van der Waals surface area contributed by atoms with E-state index in [1.165, 1.54) is 0 Å². The van der Waals surface area contributed by atoms with Gasteiger partial charge >= 0.3 is 0 Å². The summed E-state index contributed by atoms with van der Waals surface area (Å²) in [6.45, 7) is 7.83. The van der Waals surface area contributed by atoms with Crippen LogP contribution in [0.4, 0.5) is 5.82 Å². The molecule has 0 saturated heterocycles. The van der Waals surface area contributed by atoms with E-state index >= 15 is 0 Å². The van der Waals surface area contributed by atoms with Gasteiger partial charge in [-0.2, -0.15) is 5.10 Å². The lowest BCUT2D eigenvalue weighted by Gasteiger charge is -2.35. The smallest absolute Gasteiger partial charge is 0.160 e. The zero-order valence-corrected chi connectivity index (χ0v) is 12.0. The molecule has 3 rings (SSSR count). The molecule has 0 aliphatic carbocycles. The monoisotopic (exact) mass is 259 g/mol. The van der Waals surface area contributed by atoms with Crippen LogP contribution in [0, 0.1) is 5.41 Å². The van der Waals surface area contributed by atoms with Crippen LogP contribution in [0.25, 0.3) is 11.5 Å². The highest BCUT2D eigenvalue weighted by Crippen LogP contribution is 2.38. The predicted octanol–water partition coefficient (Wildman–Crippen LogP) is 2.69. The molecular weight excluding hydrogens is 238 g/mol. The number of imidazole rings is 1. The van der Waals surface area contributed by atoms with Gasteiger partial charge in [0, 0.05) is 32.1 Å². The first kappa shape index (κ1) is 12.3. The van der Waals surface area contributed by atoms with E-state index < -0.39 is 0 Å². The van der Waals surface area contributed by atoms with Gasteiger partial charge < -0.3 is 9.88 Å². The van der Waals surface area contributed by atoms with Crippen molar-refractivity contribution in [2.75, 3.05) is 11.9 Å². The molecule has 5 heteroatoms. The maximum Gasteiger partial charge on any atom is 0.160 e. The maximum absolute atomic E-state index is 4.77. The second kappa shape index (κ2) is 4.11. The van der Waals surface area contributed by atoms with Gasteiger partial charge in [0.15, 0.2) is 5.82 Å². The summed E-state index contributed by atoms with van der Waals surface area (Å²) in [5.41, 5.74) is 1.15. The van der Waals surface area contributed by atoms with Crippen molar-refractivity contribution in [3.05, 3.63) is 18.5 Å². The Morgan fingerprint density at radius 3 is 2.79 bits per heavy atom. The first-order valence-electron chi connectivity index (χ1n) is 6.78. The summed E-state index contributed by atoms with van der Waals surface area (Å²) in [4.78, 5) is 4.38. The number of nitrogens with one attached hydrogen (secondary N) is 1. The zero-order chi connectivity index (χ0) is 13.6. The topological polar surface area (TPSA) is 47.7 Å². The molecule has 19 heavy (non-hydrogen) atoms. The molecule has 2 aromatic rings. The van der Waals surface area contributed by atoms with Crippen LogP contribution in [0.1, 0.15) is 33.2 Å². The average molecular weight is 259 g/mol. The van der Waals surface area contributed by atoms with Gasteiger partial charge in [-0.25, -0.2) is 9.67 Å². The van der Waals surface area contributed by atoms with Crippen LogP contribution in [-0.4, -0.2) is 25.9 Å². The third kappa shape index (κ3) is 2.03. The van der Waals surface area contributed by atoms with E-state index in [1.807, 2.05) is 24.0 Å². The lowest BCUT2D eigenvalue weighted by atomic mass is 9.84. The molecule has 5 nitrogen and oxygen atoms in total.